The van der Waals surface area contributed by atoms with Gasteiger partial charge in [0.05, 0.1) is 11.1 Å². The van der Waals surface area contributed by atoms with Gasteiger partial charge in [0, 0.05) is 5.56 Å². The highest BCUT2D eigenvalue weighted by Gasteiger charge is 2.09. The lowest BCUT2D eigenvalue weighted by atomic mass is 10.0. The number of aromatic nitrogens is 1. The van der Waals surface area contributed by atoms with Gasteiger partial charge in [0.2, 0.25) is 0 Å². The number of amides is 1. The molecule has 0 aliphatic rings. The molecule has 0 bridgehead atoms. The number of anilines is 1. The third-order valence-corrected chi connectivity index (χ3v) is 3.68. The Balaban J connectivity index is 2.05. The van der Waals surface area contributed by atoms with Crippen LogP contribution in [0.3, 0.4) is 0 Å². The number of carbonyl (C=O) groups excluding carboxylic acids is 1. The second kappa shape index (κ2) is 7.02. The summed E-state index contributed by atoms with van der Waals surface area (Å²) in [4.78, 5) is 16.9. The second-order valence-corrected chi connectivity index (χ2v) is 5.75. The Kier molecular flexibility index (Phi) is 5.09. The molecule has 1 aromatic heterocycles. The summed E-state index contributed by atoms with van der Waals surface area (Å²) in [7, 11) is 0. The van der Waals surface area contributed by atoms with Crippen LogP contribution >= 0.6 is 11.3 Å². The lowest BCUT2D eigenvalue weighted by molar-refractivity contribution is 0.102. The van der Waals surface area contributed by atoms with Crippen molar-refractivity contribution >= 4 is 22.4 Å². The molecule has 0 fully saturated rings. The number of hydrogen-bond acceptors (Lipinski definition) is 4. The van der Waals surface area contributed by atoms with Crippen LogP contribution in [0.1, 0.15) is 40.6 Å². The van der Waals surface area contributed by atoms with E-state index in [4.69, 9.17) is 5.11 Å². The van der Waals surface area contributed by atoms with Crippen LogP contribution in [0, 0.1) is 11.8 Å². The number of rotatable bonds is 3. The van der Waals surface area contributed by atoms with Gasteiger partial charge >= 0.3 is 0 Å². The zero-order chi connectivity index (χ0) is 15.2. The molecule has 0 aliphatic heterocycles. The van der Waals surface area contributed by atoms with Crippen molar-refractivity contribution in [3.63, 3.8) is 0 Å². The summed E-state index contributed by atoms with van der Waals surface area (Å²) in [6, 6.07) is 7.54. The van der Waals surface area contributed by atoms with Gasteiger partial charge in [-0.1, -0.05) is 49.2 Å². The van der Waals surface area contributed by atoms with Crippen molar-refractivity contribution in [3.8, 4) is 11.8 Å². The van der Waals surface area contributed by atoms with Gasteiger partial charge in [-0.15, -0.1) is 0 Å². The first kappa shape index (κ1) is 15.2. The number of nitrogens with zero attached hydrogens (tertiary/aromatic N) is 1. The maximum absolute atomic E-state index is 12.1. The van der Waals surface area contributed by atoms with Crippen LogP contribution in [0.25, 0.3) is 0 Å². The number of carbonyl (C=O) groups is 1. The van der Waals surface area contributed by atoms with E-state index in [1.165, 1.54) is 16.9 Å². The van der Waals surface area contributed by atoms with Crippen molar-refractivity contribution in [2.24, 2.45) is 0 Å². The molecule has 1 amide bonds. The van der Waals surface area contributed by atoms with Crippen LogP contribution in [-0.2, 0) is 0 Å². The third kappa shape index (κ3) is 4.15. The normalized spacial score (nSPS) is 10.1. The second-order valence-electron chi connectivity index (χ2n) is 4.72. The molecule has 21 heavy (non-hydrogen) atoms. The minimum absolute atomic E-state index is 0.193. The van der Waals surface area contributed by atoms with Crippen LogP contribution in [0.15, 0.2) is 30.5 Å². The Morgan fingerprint density at radius 1 is 1.38 bits per heavy atom. The van der Waals surface area contributed by atoms with Crippen molar-refractivity contribution in [2.45, 2.75) is 19.8 Å². The van der Waals surface area contributed by atoms with Crippen molar-refractivity contribution in [1.82, 2.24) is 4.98 Å². The van der Waals surface area contributed by atoms with Crippen LogP contribution in [0.2, 0.25) is 0 Å². The van der Waals surface area contributed by atoms with Gasteiger partial charge in [0.25, 0.3) is 5.91 Å². The molecule has 1 heterocycles. The quantitative estimate of drug-likeness (QED) is 0.857. The van der Waals surface area contributed by atoms with Gasteiger partial charge in [0.15, 0.2) is 5.13 Å². The first-order valence-electron chi connectivity index (χ1n) is 6.57. The number of nitrogens with one attached hydrogen (secondary N) is 1. The highest BCUT2D eigenvalue weighted by molar-refractivity contribution is 7.16. The topological polar surface area (TPSA) is 62.2 Å². The summed E-state index contributed by atoms with van der Waals surface area (Å²) in [6.07, 6.45) is 1.57. The predicted octanol–water partition coefficient (Wildman–Crippen LogP) is 2.86. The molecule has 1 aromatic carbocycles. The fraction of sp³-hybridized carbons (Fsp3) is 0.250. The number of benzene rings is 1. The Hall–Kier alpha value is -2.16. The molecule has 4 nitrogen and oxygen atoms in total. The number of hydrogen-bond donors (Lipinski definition) is 2. The van der Waals surface area contributed by atoms with E-state index in [2.05, 4.69) is 36.0 Å². The third-order valence-electron chi connectivity index (χ3n) is 2.86. The molecule has 2 aromatic rings. The number of thiazole rings is 1. The van der Waals surface area contributed by atoms with Crippen molar-refractivity contribution in [2.75, 3.05) is 11.9 Å². The van der Waals surface area contributed by atoms with Gasteiger partial charge in [-0.2, -0.15) is 0 Å². The molecule has 0 saturated heterocycles. The van der Waals surface area contributed by atoms with Crippen molar-refractivity contribution in [3.05, 3.63) is 46.5 Å². The fourth-order valence-corrected chi connectivity index (χ4v) is 2.39. The maximum atomic E-state index is 12.1. The smallest absolute Gasteiger partial charge is 0.257 e. The van der Waals surface area contributed by atoms with E-state index in [0.29, 0.717) is 21.5 Å². The molecule has 0 saturated carbocycles. The van der Waals surface area contributed by atoms with Gasteiger partial charge in [0.1, 0.15) is 6.61 Å². The van der Waals surface area contributed by atoms with Crippen LogP contribution in [0.4, 0.5) is 5.13 Å². The fourth-order valence-electron chi connectivity index (χ4n) is 1.71. The summed E-state index contributed by atoms with van der Waals surface area (Å²) < 4.78 is 0. The molecule has 0 atom stereocenters. The SMILES string of the molecule is CC(C)c1ccc(C(=O)Nc2ncc(C#CCO)s2)cc1. The average Bonchev–Trinajstić information content (AvgIpc) is 2.92. The van der Waals surface area contributed by atoms with Gasteiger partial charge in [-0.3, -0.25) is 10.1 Å². The molecule has 0 unspecified atom stereocenters. The molecule has 2 rings (SSSR count). The lowest BCUT2D eigenvalue weighted by Gasteiger charge is -2.06. The highest BCUT2D eigenvalue weighted by atomic mass is 32.1. The summed E-state index contributed by atoms with van der Waals surface area (Å²) in [5, 5.41) is 11.9. The van der Waals surface area contributed by atoms with E-state index < -0.39 is 0 Å². The molecule has 5 heteroatoms. The van der Waals surface area contributed by atoms with E-state index in [9.17, 15) is 4.79 Å². The zero-order valence-electron chi connectivity index (χ0n) is 11.9. The van der Waals surface area contributed by atoms with Gasteiger partial charge < -0.3 is 5.11 Å². The Morgan fingerprint density at radius 2 is 2.10 bits per heavy atom. The van der Waals surface area contributed by atoms with Gasteiger partial charge in [-0.25, -0.2) is 4.98 Å². The Bertz CT molecular complexity index is 678. The molecule has 2 N–H and O–H groups in total. The van der Waals surface area contributed by atoms with Crippen molar-refractivity contribution in [1.29, 1.82) is 0 Å². The molecular weight excluding hydrogens is 284 g/mol. The molecular formula is C16H16N2O2S. The first-order valence-corrected chi connectivity index (χ1v) is 7.38. The van der Waals surface area contributed by atoms with Crippen LogP contribution in [0.5, 0.6) is 0 Å². The summed E-state index contributed by atoms with van der Waals surface area (Å²) >= 11 is 1.28. The Labute approximate surface area is 127 Å². The largest absolute Gasteiger partial charge is 0.384 e. The predicted molar refractivity (Wildman–Crippen MR) is 84.6 cm³/mol. The molecule has 0 radical (unpaired) electrons. The van der Waals surface area contributed by atoms with Crippen LogP contribution in [-0.4, -0.2) is 22.6 Å². The lowest BCUT2D eigenvalue weighted by Crippen LogP contribution is -2.11. The minimum atomic E-state index is -0.193. The monoisotopic (exact) mass is 300 g/mol. The maximum Gasteiger partial charge on any atom is 0.257 e. The van der Waals surface area contributed by atoms with E-state index in [-0.39, 0.29) is 12.5 Å². The first-order chi connectivity index (χ1) is 10.1. The molecule has 0 aliphatic carbocycles. The Morgan fingerprint density at radius 3 is 2.71 bits per heavy atom. The van der Waals surface area contributed by atoms with Gasteiger partial charge in [-0.05, 0) is 23.6 Å². The van der Waals surface area contributed by atoms with E-state index in [1.807, 2.05) is 24.3 Å². The van der Waals surface area contributed by atoms with E-state index in [1.54, 1.807) is 6.20 Å². The zero-order valence-corrected chi connectivity index (χ0v) is 12.7. The molecule has 0 spiro atoms. The summed E-state index contributed by atoms with van der Waals surface area (Å²) in [6.45, 7) is 4.03. The number of aliphatic hydroxyl groups excluding tert-OH is 1. The summed E-state index contributed by atoms with van der Waals surface area (Å²) in [5.74, 6) is 5.54. The van der Waals surface area contributed by atoms with E-state index >= 15 is 0 Å². The minimum Gasteiger partial charge on any atom is -0.384 e. The highest BCUT2D eigenvalue weighted by Crippen LogP contribution is 2.19. The standard InChI is InChI=1S/C16H16N2O2S/c1-11(2)12-5-7-13(8-6-12)15(20)18-16-17-10-14(21-16)4-3-9-19/h5-8,10-11,19H,9H2,1-2H3,(H,17,18,20). The van der Waals surface area contributed by atoms with Crippen molar-refractivity contribution < 1.29 is 9.90 Å². The number of aliphatic hydroxyl groups is 1. The molecule has 108 valence electrons. The van der Waals surface area contributed by atoms with Crippen LogP contribution < -0.4 is 5.32 Å². The van der Waals surface area contributed by atoms with E-state index in [0.717, 1.165) is 0 Å². The average molecular weight is 300 g/mol. The summed E-state index contributed by atoms with van der Waals surface area (Å²) in [5.41, 5.74) is 1.79.